The fraction of sp³-hybridized carbons (Fsp3) is 0.824. The number of hydrogen-bond acceptors (Lipinski definition) is 5. The number of aliphatic hydroxyl groups is 1. The highest BCUT2D eigenvalue weighted by molar-refractivity contribution is 5.93. The van der Waals surface area contributed by atoms with Crippen LogP contribution in [0.1, 0.15) is 67.2 Å². The van der Waals surface area contributed by atoms with Crippen molar-refractivity contribution >= 4 is 5.91 Å². The summed E-state index contributed by atoms with van der Waals surface area (Å²) in [6.07, 6.45) is 7.28. The van der Waals surface area contributed by atoms with E-state index in [2.05, 4.69) is 20.9 Å². The zero-order chi connectivity index (χ0) is 16.9. The maximum Gasteiger partial charge on any atom is 0.273 e. The highest BCUT2D eigenvalue weighted by Gasteiger charge is 2.25. The van der Waals surface area contributed by atoms with Gasteiger partial charge in [0.2, 0.25) is 0 Å². The molecule has 3 rings (SSSR count). The quantitative estimate of drug-likeness (QED) is 0.751. The third-order valence-electron chi connectivity index (χ3n) is 5.46. The monoisotopic (exact) mass is 335 g/mol. The number of nitrogens with zero attached hydrogens (tertiary/aromatic N) is 3. The second-order valence-electron chi connectivity index (χ2n) is 7.12. The van der Waals surface area contributed by atoms with E-state index in [-0.39, 0.29) is 5.91 Å². The molecule has 0 unspecified atom stereocenters. The zero-order valence-corrected chi connectivity index (χ0v) is 14.5. The van der Waals surface area contributed by atoms with E-state index in [1.165, 1.54) is 19.3 Å². The SMILES string of the molecule is Cc1c(C(=O)NC[C@H](O)C2CCCCC2)nnn1C1CCNCC1. The molecule has 3 N–H and O–H groups in total. The van der Waals surface area contributed by atoms with Crippen molar-refractivity contribution in [1.82, 2.24) is 25.6 Å². The maximum absolute atomic E-state index is 12.4. The summed E-state index contributed by atoms with van der Waals surface area (Å²) in [4.78, 5) is 12.4. The van der Waals surface area contributed by atoms with E-state index in [1.54, 1.807) is 0 Å². The van der Waals surface area contributed by atoms with Crippen molar-refractivity contribution in [1.29, 1.82) is 0 Å². The van der Waals surface area contributed by atoms with E-state index in [4.69, 9.17) is 0 Å². The van der Waals surface area contributed by atoms with E-state index in [1.807, 2.05) is 11.6 Å². The molecule has 1 aromatic rings. The molecular formula is C17H29N5O2. The lowest BCUT2D eigenvalue weighted by atomic mass is 9.85. The number of aliphatic hydroxyl groups excluding tert-OH is 1. The molecule has 7 heteroatoms. The van der Waals surface area contributed by atoms with Crippen molar-refractivity contribution < 1.29 is 9.90 Å². The van der Waals surface area contributed by atoms with Crippen LogP contribution in [0, 0.1) is 12.8 Å². The van der Waals surface area contributed by atoms with Crippen LogP contribution in [0.5, 0.6) is 0 Å². The molecule has 0 radical (unpaired) electrons. The zero-order valence-electron chi connectivity index (χ0n) is 14.5. The molecule has 1 aliphatic carbocycles. The van der Waals surface area contributed by atoms with Gasteiger partial charge in [0.05, 0.1) is 17.8 Å². The number of carbonyl (C=O) groups is 1. The number of hydrogen-bond donors (Lipinski definition) is 3. The molecular weight excluding hydrogens is 306 g/mol. The first-order valence-electron chi connectivity index (χ1n) is 9.25. The van der Waals surface area contributed by atoms with Crippen LogP contribution in [0.25, 0.3) is 0 Å². The number of amides is 1. The summed E-state index contributed by atoms with van der Waals surface area (Å²) in [6.45, 7) is 4.13. The lowest BCUT2D eigenvalue weighted by Crippen LogP contribution is -2.37. The van der Waals surface area contributed by atoms with Gasteiger partial charge in [0.25, 0.3) is 5.91 Å². The molecule has 24 heavy (non-hydrogen) atoms. The second kappa shape index (κ2) is 8.07. The van der Waals surface area contributed by atoms with Gasteiger partial charge in [0.15, 0.2) is 5.69 Å². The van der Waals surface area contributed by atoms with Gasteiger partial charge in [-0.1, -0.05) is 24.5 Å². The first-order chi connectivity index (χ1) is 11.7. The minimum Gasteiger partial charge on any atom is -0.391 e. The Morgan fingerprint density at radius 2 is 2.00 bits per heavy atom. The molecule has 1 saturated carbocycles. The Kier molecular flexibility index (Phi) is 5.84. The van der Waals surface area contributed by atoms with Crippen molar-refractivity contribution in [2.75, 3.05) is 19.6 Å². The van der Waals surface area contributed by atoms with Crippen molar-refractivity contribution in [2.45, 2.75) is 64.0 Å². The molecule has 0 aromatic carbocycles. The predicted molar refractivity (Wildman–Crippen MR) is 90.8 cm³/mol. The van der Waals surface area contributed by atoms with Crippen LogP contribution in [0.2, 0.25) is 0 Å². The van der Waals surface area contributed by atoms with Gasteiger partial charge in [-0.3, -0.25) is 4.79 Å². The smallest absolute Gasteiger partial charge is 0.273 e. The summed E-state index contributed by atoms with van der Waals surface area (Å²) in [5.41, 5.74) is 1.19. The van der Waals surface area contributed by atoms with Crippen molar-refractivity contribution in [3.8, 4) is 0 Å². The molecule has 2 heterocycles. The van der Waals surface area contributed by atoms with E-state index >= 15 is 0 Å². The molecule has 134 valence electrons. The van der Waals surface area contributed by atoms with E-state index < -0.39 is 6.10 Å². The molecule has 0 spiro atoms. The van der Waals surface area contributed by atoms with Crippen LogP contribution in [-0.2, 0) is 0 Å². The lowest BCUT2D eigenvalue weighted by molar-refractivity contribution is 0.0735. The number of piperidine rings is 1. The number of aromatic nitrogens is 3. The average Bonchev–Trinajstić information content (AvgIpc) is 3.02. The largest absolute Gasteiger partial charge is 0.391 e. The van der Waals surface area contributed by atoms with Gasteiger partial charge >= 0.3 is 0 Å². The molecule has 0 bridgehead atoms. The van der Waals surface area contributed by atoms with Gasteiger partial charge in [-0.2, -0.15) is 0 Å². The average molecular weight is 335 g/mol. The molecule has 7 nitrogen and oxygen atoms in total. The Balaban J connectivity index is 1.55. The molecule has 2 fully saturated rings. The van der Waals surface area contributed by atoms with Gasteiger partial charge in [-0.05, 0) is 51.6 Å². The molecule has 1 aliphatic heterocycles. The molecule has 1 atom stereocenters. The Morgan fingerprint density at radius 1 is 1.29 bits per heavy atom. The van der Waals surface area contributed by atoms with Crippen molar-refractivity contribution in [3.05, 3.63) is 11.4 Å². The summed E-state index contributed by atoms with van der Waals surface area (Å²) < 4.78 is 1.88. The first-order valence-corrected chi connectivity index (χ1v) is 9.25. The van der Waals surface area contributed by atoms with Crippen LogP contribution >= 0.6 is 0 Å². The maximum atomic E-state index is 12.4. The summed E-state index contributed by atoms with van der Waals surface area (Å²) in [5, 5.41) is 24.7. The minimum atomic E-state index is -0.464. The number of carbonyl (C=O) groups excluding carboxylic acids is 1. The topological polar surface area (TPSA) is 92.1 Å². The Labute approximate surface area is 143 Å². The standard InChI is InChI=1S/C17H29N5O2/c1-12-16(20-21-22(12)14-7-9-18-10-8-14)17(24)19-11-15(23)13-5-3-2-4-6-13/h13-15,18,23H,2-11H2,1H3,(H,19,24)/t15-/m0/s1. The lowest BCUT2D eigenvalue weighted by Gasteiger charge is -2.26. The Bertz CT molecular complexity index is 547. The first kappa shape index (κ1) is 17.4. The molecule has 1 amide bonds. The highest BCUT2D eigenvalue weighted by atomic mass is 16.3. The van der Waals surface area contributed by atoms with Crippen LogP contribution in [0.4, 0.5) is 0 Å². The summed E-state index contributed by atoms with van der Waals surface area (Å²) in [5.74, 6) is 0.0770. The van der Waals surface area contributed by atoms with Gasteiger partial charge < -0.3 is 15.7 Å². The third kappa shape index (κ3) is 3.95. The Hall–Kier alpha value is -1.47. The number of nitrogens with one attached hydrogen (secondary N) is 2. The molecule has 2 aliphatic rings. The van der Waals surface area contributed by atoms with Crippen LogP contribution in [0.15, 0.2) is 0 Å². The normalized spacial score (nSPS) is 21.6. The highest BCUT2D eigenvalue weighted by Crippen LogP contribution is 2.26. The van der Waals surface area contributed by atoms with Crippen LogP contribution in [-0.4, -0.2) is 51.7 Å². The van der Waals surface area contributed by atoms with Crippen LogP contribution < -0.4 is 10.6 Å². The minimum absolute atomic E-state index is 0.234. The number of rotatable bonds is 5. The van der Waals surface area contributed by atoms with E-state index in [0.717, 1.165) is 44.5 Å². The van der Waals surface area contributed by atoms with Gasteiger partial charge in [-0.15, -0.1) is 5.10 Å². The second-order valence-corrected chi connectivity index (χ2v) is 7.12. The summed E-state index contributed by atoms with van der Waals surface area (Å²) in [7, 11) is 0. The molecule has 1 aromatic heterocycles. The van der Waals surface area contributed by atoms with E-state index in [9.17, 15) is 9.90 Å². The van der Waals surface area contributed by atoms with Gasteiger partial charge in [-0.25, -0.2) is 4.68 Å². The van der Waals surface area contributed by atoms with E-state index in [0.29, 0.717) is 24.2 Å². The summed E-state index contributed by atoms with van der Waals surface area (Å²) >= 11 is 0. The van der Waals surface area contributed by atoms with Gasteiger partial charge in [0.1, 0.15) is 0 Å². The third-order valence-corrected chi connectivity index (χ3v) is 5.46. The van der Waals surface area contributed by atoms with Crippen molar-refractivity contribution in [3.63, 3.8) is 0 Å². The fourth-order valence-electron chi connectivity index (χ4n) is 3.92. The van der Waals surface area contributed by atoms with Gasteiger partial charge in [0, 0.05) is 6.54 Å². The van der Waals surface area contributed by atoms with Crippen LogP contribution in [0.3, 0.4) is 0 Å². The molecule has 1 saturated heterocycles. The van der Waals surface area contributed by atoms with Crippen molar-refractivity contribution in [2.24, 2.45) is 5.92 Å². The predicted octanol–water partition coefficient (Wildman–Crippen LogP) is 1.18. The Morgan fingerprint density at radius 3 is 2.71 bits per heavy atom. The summed E-state index contributed by atoms with van der Waals surface area (Å²) in [6, 6.07) is 0.313. The fourth-order valence-corrected chi connectivity index (χ4v) is 3.92.